The van der Waals surface area contributed by atoms with Crippen LogP contribution in [0.2, 0.25) is 0 Å². The van der Waals surface area contributed by atoms with Gasteiger partial charge in [0.2, 0.25) is 0 Å². The van der Waals surface area contributed by atoms with Gasteiger partial charge in [0.05, 0.1) is 5.56 Å². The zero-order valence-corrected chi connectivity index (χ0v) is 9.24. The second-order valence-electron chi connectivity index (χ2n) is 4.24. The Kier molecular flexibility index (Phi) is 2.81. The van der Waals surface area contributed by atoms with E-state index in [0.717, 1.165) is 19.3 Å². The van der Waals surface area contributed by atoms with Crippen molar-refractivity contribution in [1.82, 2.24) is 4.90 Å². The Morgan fingerprint density at radius 3 is 2.69 bits per heavy atom. The lowest BCUT2D eigenvalue weighted by Gasteiger charge is -2.34. The summed E-state index contributed by atoms with van der Waals surface area (Å²) in [5, 5.41) is 0. The van der Waals surface area contributed by atoms with Crippen molar-refractivity contribution in [3.05, 3.63) is 29.6 Å². The van der Waals surface area contributed by atoms with Crippen LogP contribution in [0.3, 0.4) is 0 Å². The number of rotatable bonds is 2. The van der Waals surface area contributed by atoms with Gasteiger partial charge in [0.1, 0.15) is 5.82 Å². The summed E-state index contributed by atoms with van der Waals surface area (Å²) in [6.07, 6.45) is 3.17. The number of carbonyl (C=O) groups excluding carboxylic acids is 1. The van der Waals surface area contributed by atoms with Gasteiger partial charge in [-0.15, -0.1) is 0 Å². The summed E-state index contributed by atoms with van der Waals surface area (Å²) < 4.78 is 13.5. The Balaban J connectivity index is 2.19. The minimum absolute atomic E-state index is 0.101. The first-order valence-electron chi connectivity index (χ1n) is 5.42. The maximum atomic E-state index is 13.5. The highest BCUT2D eigenvalue weighted by atomic mass is 19.1. The number of hydrogen-bond donors (Lipinski definition) is 1. The summed E-state index contributed by atoms with van der Waals surface area (Å²) >= 11 is 0. The van der Waals surface area contributed by atoms with Gasteiger partial charge in [-0.1, -0.05) is 0 Å². The molecule has 1 aromatic rings. The number of nitrogens with two attached hydrogens (primary N) is 1. The van der Waals surface area contributed by atoms with Crippen LogP contribution in [0.1, 0.15) is 29.6 Å². The zero-order chi connectivity index (χ0) is 11.7. The first kappa shape index (κ1) is 10.9. The Morgan fingerprint density at radius 2 is 2.19 bits per heavy atom. The largest absolute Gasteiger partial charge is 0.399 e. The fourth-order valence-electron chi connectivity index (χ4n) is 1.83. The van der Waals surface area contributed by atoms with Crippen LogP contribution in [0.15, 0.2) is 18.2 Å². The maximum Gasteiger partial charge on any atom is 0.256 e. The third-order valence-corrected chi connectivity index (χ3v) is 3.17. The molecular weight excluding hydrogens is 207 g/mol. The normalized spacial score (nSPS) is 15.6. The molecule has 16 heavy (non-hydrogen) atoms. The van der Waals surface area contributed by atoms with Crippen molar-refractivity contribution < 1.29 is 9.18 Å². The average Bonchev–Trinajstić information content (AvgIpc) is 2.14. The number of anilines is 1. The number of carbonyl (C=O) groups is 1. The highest BCUT2D eigenvalue weighted by Gasteiger charge is 2.27. The second kappa shape index (κ2) is 4.12. The molecule has 0 heterocycles. The van der Waals surface area contributed by atoms with Gasteiger partial charge in [0, 0.05) is 18.8 Å². The Morgan fingerprint density at radius 1 is 1.50 bits per heavy atom. The van der Waals surface area contributed by atoms with E-state index in [9.17, 15) is 9.18 Å². The maximum absolute atomic E-state index is 13.5. The molecule has 1 aliphatic rings. The molecule has 0 atom stereocenters. The number of hydrogen-bond acceptors (Lipinski definition) is 2. The summed E-state index contributed by atoms with van der Waals surface area (Å²) in [5.41, 5.74) is 5.87. The number of benzene rings is 1. The van der Waals surface area contributed by atoms with Gasteiger partial charge in [-0.2, -0.15) is 0 Å². The fourth-order valence-corrected chi connectivity index (χ4v) is 1.83. The predicted octanol–water partition coefficient (Wildman–Crippen LogP) is 2.03. The molecule has 0 bridgehead atoms. The lowest BCUT2D eigenvalue weighted by Crippen LogP contribution is -2.41. The molecule has 2 N–H and O–H groups in total. The van der Waals surface area contributed by atoms with E-state index in [0.29, 0.717) is 5.69 Å². The number of nitrogens with zero attached hydrogens (tertiary/aromatic N) is 1. The zero-order valence-electron chi connectivity index (χ0n) is 9.24. The van der Waals surface area contributed by atoms with Crippen molar-refractivity contribution in [2.45, 2.75) is 25.3 Å². The molecule has 0 saturated heterocycles. The molecule has 3 nitrogen and oxygen atoms in total. The van der Waals surface area contributed by atoms with E-state index in [4.69, 9.17) is 5.73 Å². The van der Waals surface area contributed by atoms with Crippen molar-refractivity contribution in [2.75, 3.05) is 12.8 Å². The lowest BCUT2D eigenvalue weighted by molar-refractivity contribution is 0.0647. The SMILES string of the molecule is CN(C(=O)c1ccc(N)cc1F)C1CCC1. The summed E-state index contributed by atoms with van der Waals surface area (Å²) in [6, 6.07) is 4.44. The molecule has 86 valence electrons. The molecule has 1 amide bonds. The molecule has 0 aliphatic heterocycles. The molecule has 0 radical (unpaired) electrons. The smallest absolute Gasteiger partial charge is 0.256 e. The molecular formula is C12H15FN2O. The monoisotopic (exact) mass is 222 g/mol. The minimum Gasteiger partial charge on any atom is -0.399 e. The quantitative estimate of drug-likeness (QED) is 0.778. The third kappa shape index (κ3) is 1.87. The first-order chi connectivity index (χ1) is 7.59. The van der Waals surface area contributed by atoms with Gasteiger partial charge in [-0.05, 0) is 37.5 Å². The van der Waals surface area contributed by atoms with Crippen LogP contribution in [0.25, 0.3) is 0 Å². The van der Waals surface area contributed by atoms with Gasteiger partial charge in [-0.3, -0.25) is 4.79 Å². The summed E-state index contributed by atoms with van der Waals surface area (Å²) in [7, 11) is 1.72. The Bertz CT molecular complexity index is 415. The third-order valence-electron chi connectivity index (χ3n) is 3.17. The van der Waals surface area contributed by atoms with Crippen LogP contribution in [0.5, 0.6) is 0 Å². The van der Waals surface area contributed by atoms with E-state index in [1.54, 1.807) is 18.0 Å². The van der Waals surface area contributed by atoms with E-state index in [1.807, 2.05) is 0 Å². The highest BCUT2D eigenvalue weighted by Crippen LogP contribution is 2.25. The van der Waals surface area contributed by atoms with Gasteiger partial charge >= 0.3 is 0 Å². The van der Waals surface area contributed by atoms with Crippen molar-refractivity contribution >= 4 is 11.6 Å². The highest BCUT2D eigenvalue weighted by molar-refractivity contribution is 5.94. The molecule has 0 unspecified atom stereocenters. The predicted molar refractivity (Wildman–Crippen MR) is 60.5 cm³/mol. The van der Waals surface area contributed by atoms with E-state index < -0.39 is 5.82 Å². The van der Waals surface area contributed by atoms with E-state index >= 15 is 0 Å². The van der Waals surface area contributed by atoms with Crippen LogP contribution in [0.4, 0.5) is 10.1 Å². The molecule has 1 aromatic carbocycles. The Hall–Kier alpha value is -1.58. The molecule has 1 saturated carbocycles. The first-order valence-corrected chi connectivity index (χ1v) is 5.42. The Labute approximate surface area is 94.0 Å². The van der Waals surface area contributed by atoms with Crippen molar-refractivity contribution in [2.24, 2.45) is 0 Å². The summed E-state index contributed by atoms with van der Waals surface area (Å²) in [6.45, 7) is 0. The molecule has 0 spiro atoms. The molecule has 1 fully saturated rings. The van der Waals surface area contributed by atoms with Crippen LogP contribution >= 0.6 is 0 Å². The number of halogens is 1. The lowest BCUT2D eigenvalue weighted by atomic mass is 9.91. The van der Waals surface area contributed by atoms with Crippen molar-refractivity contribution in [3.63, 3.8) is 0 Å². The van der Waals surface area contributed by atoms with E-state index in [-0.39, 0.29) is 17.5 Å². The van der Waals surface area contributed by atoms with Crippen LogP contribution < -0.4 is 5.73 Å². The van der Waals surface area contributed by atoms with Gasteiger partial charge in [0.15, 0.2) is 0 Å². The molecule has 0 aromatic heterocycles. The summed E-state index contributed by atoms with van der Waals surface area (Å²) in [5.74, 6) is -0.807. The van der Waals surface area contributed by atoms with Crippen LogP contribution in [-0.4, -0.2) is 23.9 Å². The van der Waals surface area contributed by atoms with Gasteiger partial charge < -0.3 is 10.6 Å². The van der Waals surface area contributed by atoms with Crippen LogP contribution in [0, 0.1) is 5.82 Å². The van der Waals surface area contributed by atoms with Gasteiger partial charge in [0.25, 0.3) is 5.91 Å². The standard InChI is InChI=1S/C12H15FN2O/c1-15(9-3-2-4-9)12(16)10-6-5-8(14)7-11(10)13/h5-7,9H,2-4,14H2,1H3. The average molecular weight is 222 g/mol. The van der Waals surface area contributed by atoms with Crippen molar-refractivity contribution in [1.29, 1.82) is 0 Å². The molecule has 1 aliphatic carbocycles. The number of amides is 1. The van der Waals surface area contributed by atoms with E-state index in [1.165, 1.54) is 12.1 Å². The van der Waals surface area contributed by atoms with Crippen molar-refractivity contribution in [3.8, 4) is 0 Å². The molecule has 4 heteroatoms. The fraction of sp³-hybridized carbons (Fsp3) is 0.417. The van der Waals surface area contributed by atoms with Crippen LogP contribution in [-0.2, 0) is 0 Å². The van der Waals surface area contributed by atoms with E-state index in [2.05, 4.69) is 0 Å². The second-order valence-corrected chi connectivity index (χ2v) is 4.24. The number of nitrogen functional groups attached to an aromatic ring is 1. The molecule has 2 rings (SSSR count). The summed E-state index contributed by atoms with van der Waals surface area (Å²) in [4.78, 5) is 13.6. The topological polar surface area (TPSA) is 46.3 Å². The minimum atomic E-state index is -0.545. The van der Waals surface area contributed by atoms with Gasteiger partial charge in [-0.25, -0.2) is 4.39 Å².